The standard InChI is InChI=1S/C59H47NO/c1-4-37(2)58(60-59(40-16-6-5-7-17-40)49-31-29-39-15-8-9-24-48(39)38(49)3)47-23-12-22-45(35-47)43-20-10-18-41(33-43)42-19-11-21-44(34-42)46-30-32-50-51-25-13-27-54-56(51)57-52(53(50)36-46)26-14-28-55(57)61-54/h5-37,54,56,58H,4H2,1-3H3/b60-59-. The summed E-state index contributed by atoms with van der Waals surface area (Å²) in [5.74, 6) is 1.62. The van der Waals surface area contributed by atoms with Crippen molar-refractivity contribution in [1.82, 2.24) is 0 Å². The molecule has 11 rings (SSSR count). The van der Waals surface area contributed by atoms with Crippen LogP contribution in [0.1, 0.15) is 65.6 Å². The normalized spacial score (nSPS) is 17.0. The van der Waals surface area contributed by atoms with Gasteiger partial charge in [0.2, 0.25) is 0 Å². The first kappa shape index (κ1) is 37.0. The van der Waals surface area contributed by atoms with Crippen molar-refractivity contribution in [3.8, 4) is 50.3 Å². The number of fused-ring (bicyclic) bond motifs is 4. The molecule has 0 spiro atoms. The average molecular weight is 786 g/mol. The van der Waals surface area contributed by atoms with Gasteiger partial charge in [-0.2, -0.15) is 0 Å². The smallest absolute Gasteiger partial charge is 0.128 e. The Balaban J connectivity index is 0.943. The fourth-order valence-corrected chi connectivity index (χ4v) is 10.0. The zero-order valence-corrected chi connectivity index (χ0v) is 34.8. The number of aliphatic imine (C=N–C) groups is 1. The van der Waals surface area contributed by atoms with E-state index in [4.69, 9.17) is 9.73 Å². The van der Waals surface area contributed by atoms with Crippen molar-refractivity contribution < 1.29 is 4.74 Å². The van der Waals surface area contributed by atoms with Crippen molar-refractivity contribution in [2.24, 2.45) is 10.9 Å². The Morgan fingerprint density at radius 2 is 1.28 bits per heavy atom. The number of benzene rings is 8. The fraction of sp³-hybridized carbons (Fsp3) is 0.136. The summed E-state index contributed by atoms with van der Waals surface area (Å²) in [6, 6.07) is 64.5. The summed E-state index contributed by atoms with van der Waals surface area (Å²) in [5, 5.41) is 2.52. The highest BCUT2D eigenvalue weighted by Gasteiger charge is 2.42. The summed E-state index contributed by atoms with van der Waals surface area (Å²) in [6.45, 7) is 6.85. The van der Waals surface area contributed by atoms with Crippen LogP contribution < -0.4 is 4.74 Å². The second kappa shape index (κ2) is 15.2. The molecule has 1 aliphatic heterocycles. The molecular weight excluding hydrogens is 739 g/mol. The molecule has 2 aliphatic carbocycles. The van der Waals surface area contributed by atoms with Crippen molar-refractivity contribution in [3.05, 3.63) is 228 Å². The lowest BCUT2D eigenvalue weighted by atomic mass is 9.72. The lowest BCUT2D eigenvalue weighted by molar-refractivity contribution is 0.271. The summed E-state index contributed by atoms with van der Waals surface area (Å²) in [7, 11) is 0. The molecule has 0 saturated carbocycles. The first-order chi connectivity index (χ1) is 30.0. The average Bonchev–Trinajstić information content (AvgIpc) is 3.72. The maximum atomic E-state index is 6.42. The first-order valence-electron chi connectivity index (χ1n) is 21.8. The molecule has 1 heterocycles. The van der Waals surface area contributed by atoms with E-state index in [1.807, 2.05) is 0 Å². The zero-order chi connectivity index (χ0) is 41.0. The highest BCUT2D eigenvalue weighted by molar-refractivity contribution is 6.15. The molecule has 4 unspecified atom stereocenters. The van der Waals surface area contributed by atoms with Crippen LogP contribution in [0.3, 0.4) is 0 Å². The predicted molar refractivity (Wildman–Crippen MR) is 255 cm³/mol. The maximum Gasteiger partial charge on any atom is 0.128 e. The molecule has 0 N–H and O–H groups in total. The molecule has 294 valence electrons. The minimum absolute atomic E-state index is 0.0230. The van der Waals surface area contributed by atoms with E-state index in [0.29, 0.717) is 5.92 Å². The molecule has 2 heteroatoms. The molecule has 3 aliphatic rings. The molecule has 0 radical (unpaired) electrons. The highest BCUT2D eigenvalue weighted by Crippen LogP contribution is 2.57. The van der Waals surface area contributed by atoms with E-state index in [-0.39, 0.29) is 18.1 Å². The summed E-state index contributed by atoms with van der Waals surface area (Å²) < 4.78 is 6.42. The third-order valence-electron chi connectivity index (χ3n) is 13.4. The molecule has 0 fully saturated rings. The van der Waals surface area contributed by atoms with Gasteiger partial charge in [-0.3, -0.25) is 4.99 Å². The Labute approximate surface area is 359 Å². The SMILES string of the molecule is CCC(C)C(/N=C(/c1ccccc1)c1ccc2ccccc2c1C)c1cccc(-c2cccc(-c3cccc(-c4ccc5c(c4)-c4cccc6c4C4C5=CC=CC4O6)c3)c2)c1. The number of hydrogen-bond donors (Lipinski definition) is 0. The zero-order valence-electron chi connectivity index (χ0n) is 34.8. The van der Waals surface area contributed by atoms with Gasteiger partial charge >= 0.3 is 0 Å². The van der Waals surface area contributed by atoms with E-state index in [1.165, 1.54) is 88.7 Å². The van der Waals surface area contributed by atoms with Crippen LogP contribution in [0.5, 0.6) is 5.75 Å². The molecule has 8 aromatic carbocycles. The number of aryl methyl sites for hydroxylation is 1. The Kier molecular flexibility index (Phi) is 9.23. The Bertz CT molecular complexity index is 3090. The van der Waals surface area contributed by atoms with E-state index in [1.54, 1.807) is 0 Å². The van der Waals surface area contributed by atoms with E-state index in [9.17, 15) is 0 Å². The third kappa shape index (κ3) is 6.46. The Hall–Kier alpha value is -7.03. The van der Waals surface area contributed by atoms with E-state index >= 15 is 0 Å². The molecule has 0 amide bonds. The summed E-state index contributed by atoms with van der Waals surface area (Å²) in [5.41, 5.74) is 19.7. The minimum Gasteiger partial charge on any atom is -0.485 e. The Morgan fingerprint density at radius 3 is 2.03 bits per heavy atom. The van der Waals surface area contributed by atoms with Gasteiger partial charge in [-0.05, 0) is 127 Å². The van der Waals surface area contributed by atoms with Crippen LogP contribution in [0.15, 0.2) is 199 Å². The van der Waals surface area contributed by atoms with Gasteiger partial charge in [0, 0.05) is 16.7 Å². The van der Waals surface area contributed by atoms with Crippen LogP contribution in [0.25, 0.3) is 60.9 Å². The number of nitrogens with zero attached hydrogens (tertiary/aromatic N) is 1. The fourth-order valence-electron chi connectivity index (χ4n) is 10.0. The van der Waals surface area contributed by atoms with E-state index < -0.39 is 0 Å². The molecule has 0 aromatic heterocycles. The number of ether oxygens (including phenoxy) is 1. The van der Waals surface area contributed by atoms with Gasteiger partial charge in [-0.15, -0.1) is 0 Å². The molecule has 61 heavy (non-hydrogen) atoms. The quantitative estimate of drug-likeness (QED) is 0.134. The van der Waals surface area contributed by atoms with Gasteiger partial charge in [-0.25, -0.2) is 0 Å². The van der Waals surface area contributed by atoms with Crippen LogP contribution in [-0.4, -0.2) is 11.8 Å². The minimum atomic E-state index is -0.0230. The molecular formula is C59H47NO. The highest BCUT2D eigenvalue weighted by atomic mass is 16.5. The lowest BCUT2D eigenvalue weighted by Gasteiger charge is -2.30. The third-order valence-corrected chi connectivity index (χ3v) is 13.4. The topological polar surface area (TPSA) is 21.6 Å². The summed E-state index contributed by atoms with van der Waals surface area (Å²) >= 11 is 0. The maximum absolute atomic E-state index is 6.42. The summed E-state index contributed by atoms with van der Waals surface area (Å²) in [4.78, 5) is 5.73. The van der Waals surface area contributed by atoms with Gasteiger partial charge in [-0.1, -0.05) is 178 Å². The predicted octanol–water partition coefficient (Wildman–Crippen LogP) is 15.3. The van der Waals surface area contributed by atoms with Crippen molar-refractivity contribution >= 4 is 22.1 Å². The van der Waals surface area contributed by atoms with Gasteiger partial charge in [0.15, 0.2) is 0 Å². The van der Waals surface area contributed by atoms with Crippen LogP contribution in [0.4, 0.5) is 0 Å². The van der Waals surface area contributed by atoms with Gasteiger partial charge in [0.05, 0.1) is 17.7 Å². The van der Waals surface area contributed by atoms with Gasteiger partial charge < -0.3 is 4.74 Å². The van der Waals surface area contributed by atoms with Crippen molar-refractivity contribution in [1.29, 1.82) is 0 Å². The van der Waals surface area contributed by atoms with Crippen LogP contribution in [0.2, 0.25) is 0 Å². The first-order valence-corrected chi connectivity index (χ1v) is 21.8. The number of allylic oxidation sites excluding steroid dienone is 2. The molecule has 2 nitrogen and oxygen atoms in total. The summed E-state index contributed by atoms with van der Waals surface area (Å²) in [6.07, 6.45) is 7.73. The van der Waals surface area contributed by atoms with Gasteiger partial charge in [0.25, 0.3) is 0 Å². The molecule has 8 aromatic rings. The Morgan fingerprint density at radius 1 is 0.607 bits per heavy atom. The van der Waals surface area contributed by atoms with Crippen molar-refractivity contribution in [2.45, 2.75) is 45.3 Å². The van der Waals surface area contributed by atoms with Crippen molar-refractivity contribution in [2.75, 3.05) is 0 Å². The van der Waals surface area contributed by atoms with Crippen LogP contribution in [0, 0.1) is 12.8 Å². The van der Waals surface area contributed by atoms with E-state index in [0.717, 1.165) is 23.4 Å². The lowest BCUT2D eigenvalue weighted by Crippen LogP contribution is -2.21. The monoisotopic (exact) mass is 785 g/mol. The molecule has 0 saturated heterocycles. The number of rotatable bonds is 9. The molecule has 4 atom stereocenters. The van der Waals surface area contributed by atoms with Gasteiger partial charge in [0.1, 0.15) is 11.9 Å². The van der Waals surface area contributed by atoms with Crippen LogP contribution >= 0.6 is 0 Å². The number of hydrogen-bond acceptors (Lipinski definition) is 2. The van der Waals surface area contributed by atoms with Crippen LogP contribution in [-0.2, 0) is 0 Å². The van der Waals surface area contributed by atoms with E-state index in [2.05, 4.69) is 215 Å². The second-order valence-corrected chi connectivity index (χ2v) is 17.0. The molecule has 0 bridgehead atoms. The second-order valence-electron chi connectivity index (χ2n) is 17.0. The van der Waals surface area contributed by atoms with Crippen molar-refractivity contribution in [3.63, 3.8) is 0 Å². The largest absolute Gasteiger partial charge is 0.485 e.